The smallest absolute Gasteiger partial charge is 0.417 e. The van der Waals surface area contributed by atoms with Gasteiger partial charge >= 0.3 is 24.7 Å². The van der Waals surface area contributed by atoms with Crippen molar-refractivity contribution in [3.05, 3.63) is 107 Å². The molecule has 6 aromatic rings. The van der Waals surface area contributed by atoms with Gasteiger partial charge in [-0.1, -0.05) is 35.9 Å². The summed E-state index contributed by atoms with van der Waals surface area (Å²) in [5.41, 5.74) is -13.2. The van der Waals surface area contributed by atoms with Gasteiger partial charge in [-0.2, -0.15) is 52.7 Å². The van der Waals surface area contributed by atoms with E-state index in [-0.39, 0.29) is 28.1 Å². The average molecular weight is 702 g/mol. The molecule has 0 aliphatic heterocycles. The number of aromatic nitrogens is 2. The van der Waals surface area contributed by atoms with Gasteiger partial charge in [0.05, 0.1) is 11.1 Å². The lowest BCUT2D eigenvalue weighted by Gasteiger charge is -2.38. The second kappa shape index (κ2) is 11.0. The first kappa shape index (κ1) is 33.9. The summed E-state index contributed by atoms with van der Waals surface area (Å²) in [7, 11) is 0. The zero-order valence-corrected chi connectivity index (χ0v) is 24.7. The van der Waals surface area contributed by atoms with Crippen LogP contribution < -0.4 is 0 Å². The third-order valence-electron chi connectivity index (χ3n) is 7.94. The molecule has 0 radical (unpaired) electrons. The highest BCUT2D eigenvalue weighted by Gasteiger charge is 2.72. The first-order valence-electron chi connectivity index (χ1n) is 13.9. The monoisotopic (exact) mass is 702 g/mol. The van der Waals surface area contributed by atoms with Crippen LogP contribution in [0.4, 0.5) is 52.7 Å². The Balaban J connectivity index is 1.52. The number of oxazole rings is 2. The summed E-state index contributed by atoms with van der Waals surface area (Å²) in [5, 5.41) is 0. The fourth-order valence-electron chi connectivity index (χ4n) is 5.82. The maximum absolute atomic E-state index is 14.8. The molecule has 0 aliphatic rings. The summed E-state index contributed by atoms with van der Waals surface area (Å²) in [6.07, 6.45) is -22.2. The van der Waals surface area contributed by atoms with E-state index in [0.29, 0.717) is 36.4 Å². The van der Waals surface area contributed by atoms with E-state index in [1.807, 2.05) is 0 Å². The molecule has 0 bridgehead atoms. The number of hydrogen-bond acceptors (Lipinski definition) is 4. The van der Waals surface area contributed by atoms with Gasteiger partial charge in [0.1, 0.15) is 11.0 Å². The highest BCUT2D eigenvalue weighted by atomic mass is 19.4. The quantitative estimate of drug-likeness (QED) is 0.172. The largest absolute Gasteiger partial charge is 0.441 e. The number of benzene rings is 4. The van der Waals surface area contributed by atoms with E-state index in [9.17, 15) is 52.7 Å². The van der Waals surface area contributed by atoms with Gasteiger partial charge in [-0.3, -0.25) is 0 Å². The number of hydrogen-bond donors (Lipinski definition) is 0. The Morgan fingerprint density at radius 1 is 0.510 bits per heavy atom. The summed E-state index contributed by atoms with van der Waals surface area (Å²) < 4.78 is 183. The zero-order valence-electron chi connectivity index (χ0n) is 24.7. The number of fused-ring (bicyclic) bond motifs is 2. The molecule has 0 spiro atoms. The van der Waals surface area contributed by atoms with E-state index in [4.69, 9.17) is 8.83 Å². The SMILES string of the molecule is Cc1ccc(-c2ccc(-c3nc4cc(C(c5ccc6oc(C)nc6c5)(C(F)(F)F)C(F)(F)F)ccc4o3)cc2C(F)(F)F)c(C(F)(F)F)c1. The minimum atomic E-state index is -5.99. The van der Waals surface area contributed by atoms with E-state index in [1.54, 1.807) is 0 Å². The molecule has 256 valence electrons. The molecule has 0 unspecified atom stereocenters. The van der Waals surface area contributed by atoms with Crippen molar-refractivity contribution in [2.75, 3.05) is 0 Å². The highest BCUT2D eigenvalue weighted by Crippen LogP contribution is 2.57. The highest BCUT2D eigenvalue weighted by molar-refractivity contribution is 5.80. The number of aryl methyl sites for hydroxylation is 2. The van der Waals surface area contributed by atoms with Gasteiger partial charge in [-0.25, -0.2) is 9.97 Å². The van der Waals surface area contributed by atoms with Gasteiger partial charge in [0.25, 0.3) is 0 Å². The zero-order chi connectivity index (χ0) is 35.9. The Labute approximate surface area is 267 Å². The molecule has 6 rings (SSSR count). The van der Waals surface area contributed by atoms with Crippen LogP contribution in [0, 0.1) is 13.8 Å². The first-order chi connectivity index (χ1) is 22.6. The van der Waals surface area contributed by atoms with Crippen molar-refractivity contribution >= 4 is 22.2 Å². The fraction of sp³-hybridized carbons (Fsp3) is 0.212. The summed E-state index contributed by atoms with van der Waals surface area (Å²) >= 11 is 0. The molecule has 0 atom stereocenters. The van der Waals surface area contributed by atoms with Crippen molar-refractivity contribution in [1.29, 1.82) is 0 Å². The van der Waals surface area contributed by atoms with Crippen LogP contribution in [0.15, 0.2) is 81.6 Å². The molecule has 0 amide bonds. The molecule has 49 heavy (non-hydrogen) atoms. The van der Waals surface area contributed by atoms with Crippen molar-refractivity contribution in [3.63, 3.8) is 0 Å². The van der Waals surface area contributed by atoms with Crippen LogP contribution in [-0.2, 0) is 17.8 Å². The van der Waals surface area contributed by atoms with Crippen molar-refractivity contribution < 1.29 is 61.5 Å². The third kappa shape index (κ3) is 5.65. The Kier molecular flexibility index (Phi) is 7.60. The van der Waals surface area contributed by atoms with E-state index >= 15 is 0 Å². The molecule has 4 aromatic carbocycles. The van der Waals surface area contributed by atoms with Crippen LogP contribution in [0.3, 0.4) is 0 Å². The number of alkyl halides is 12. The molecule has 0 fully saturated rings. The summed E-state index contributed by atoms with van der Waals surface area (Å²) in [6, 6.07) is 8.75. The molecule has 0 saturated heterocycles. The van der Waals surface area contributed by atoms with Crippen molar-refractivity contribution in [3.8, 4) is 22.6 Å². The minimum Gasteiger partial charge on any atom is -0.441 e. The number of halogens is 12. The van der Waals surface area contributed by atoms with Gasteiger partial charge in [0.15, 0.2) is 17.1 Å². The van der Waals surface area contributed by atoms with Gasteiger partial charge < -0.3 is 8.83 Å². The fourth-order valence-corrected chi connectivity index (χ4v) is 5.82. The van der Waals surface area contributed by atoms with Gasteiger partial charge in [0, 0.05) is 12.5 Å². The molecule has 0 saturated carbocycles. The standard InChI is InChI=1S/C33H18F12N2O2/c1-15-3-7-20(22(11-15)30(34,35)36)21-8-4-17(12-23(21)31(37,38)39)28-47-25-14-19(6-10-27(25)49-28)29(32(40,41)42,33(43,44)45)18-5-9-26-24(13-18)46-16(2)48-26/h3-14H,1-2H3. The van der Waals surface area contributed by atoms with E-state index in [0.717, 1.165) is 30.3 Å². The third-order valence-corrected chi connectivity index (χ3v) is 7.94. The molecule has 0 aliphatic carbocycles. The van der Waals surface area contributed by atoms with Crippen LogP contribution in [0.1, 0.15) is 33.7 Å². The predicted molar refractivity (Wildman–Crippen MR) is 151 cm³/mol. The minimum absolute atomic E-state index is 0.00492. The lowest BCUT2D eigenvalue weighted by Crippen LogP contribution is -2.54. The van der Waals surface area contributed by atoms with Gasteiger partial charge in [-0.05, 0) is 71.6 Å². The topological polar surface area (TPSA) is 52.1 Å². The maximum Gasteiger partial charge on any atom is 0.417 e. The van der Waals surface area contributed by atoms with E-state index < -0.39 is 80.5 Å². The molecule has 2 aromatic heterocycles. The van der Waals surface area contributed by atoms with Crippen molar-refractivity contribution in [2.45, 2.75) is 44.0 Å². The van der Waals surface area contributed by atoms with Crippen molar-refractivity contribution in [2.24, 2.45) is 0 Å². The lowest BCUT2D eigenvalue weighted by molar-refractivity contribution is -0.288. The van der Waals surface area contributed by atoms with Crippen LogP contribution in [0.2, 0.25) is 0 Å². The van der Waals surface area contributed by atoms with Crippen LogP contribution in [-0.4, -0.2) is 22.3 Å². The van der Waals surface area contributed by atoms with Crippen molar-refractivity contribution in [1.82, 2.24) is 9.97 Å². The van der Waals surface area contributed by atoms with Gasteiger partial charge in [-0.15, -0.1) is 0 Å². The summed E-state index contributed by atoms with van der Waals surface area (Å²) in [5.74, 6) is -0.650. The second-order valence-electron chi connectivity index (χ2n) is 11.2. The summed E-state index contributed by atoms with van der Waals surface area (Å²) in [4.78, 5) is 7.72. The Hall–Kier alpha value is -5.02. The van der Waals surface area contributed by atoms with Crippen LogP contribution in [0.5, 0.6) is 0 Å². The number of nitrogens with zero attached hydrogens (tertiary/aromatic N) is 2. The van der Waals surface area contributed by atoms with Crippen LogP contribution >= 0.6 is 0 Å². The molecule has 16 heteroatoms. The Morgan fingerprint density at radius 2 is 1.00 bits per heavy atom. The lowest BCUT2D eigenvalue weighted by atomic mass is 9.72. The normalized spacial score (nSPS) is 13.5. The maximum atomic E-state index is 14.8. The number of rotatable bonds is 4. The molecule has 2 heterocycles. The molecular formula is C33H18F12N2O2. The first-order valence-corrected chi connectivity index (χ1v) is 13.9. The van der Waals surface area contributed by atoms with E-state index in [1.165, 1.54) is 19.9 Å². The van der Waals surface area contributed by atoms with E-state index in [2.05, 4.69) is 9.97 Å². The Morgan fingerprint density at radius 3 is 1.53 bits per heavy atom. The van der Waals surface area contributed by atoms with Gasteiger partial charge in [0.2, 0.25) is 11.3 Å². The average Bonchev–Trinajstić information content (AvgIpc) is 3.57. The molecule has 0 N–H and O–H groups in total. The predicted octanol–water partition coefficient (Wildman–Crippen LogP) is 11.4. The Bertz CT molecular complexity index is 2210. The molecular weight excluding hydrogens is 684 g/mol. The molecule has 4 nitrogen and oxygen atoms in total. The second-order valence-corrected chi connectivity index (χ2v) is 11.2. The summed E-state index contributed by atoms with van der Waals surface area (Å²) in [6.45, 7) is 2.68. The van der Waals surface area contributed by atoms with Crippen LogP contribution in [0.25, 0.3) is 44.8 Å².